The third-order valence-corrected chi connectivity index (χ3v) is 12.4. The number of aromatic hydroxyl groups is 1. The van der Waals surface area contributed by atoms with E-state index >= 15 is 8.78 Å². The van der Waals surface area contributed by atoms with Gasteiger partial charge in [0.15, 0.2) is 44.5 Å². The van der Waals surface area contributed by atoms with E-state index in [0.29, 0.717) is 5.69 Å². The van der Waals surface area contributed by atoms with Crippen molar-refractivity contribution in [2.24, 2.45) is 17.8 Å². The first-order valence-corrected chi connectivity index (χ1v) is 17.6. The van der Waals surface area contributed by atoms with Crippen molar-refractivity contribution in [1.29, 1.82) is 0 Å². The summed E-state index contributed by atoms with van der Waals surface area (Å²) in [6.45, 7) is 0. The number of carbonyl (C=O) groups excluding carboxylic acids is 4. The number of rotatable bonds is 6. The Morgan fingerprint density at radius 1 is 0.764 bits per heavy atom. The molecular weight excluding hydrogens is 772 g/mol. The van der Waals surface area contributed by atoms with Crippen molar-refractivity contribution in [3.63, 3.8) is 0 Å². The third-order valence-electron chi connectivity index (χ3n) is 10.9. The lowest BCUT2D eigenvalue weighted by atomic mass is 9.56. The molecule has 2 aliphatic carbocycles. The van der Waals surface area contributed by atoms with E-state index < -0.39 is 104 Å². The minimum absolute atomic E-state index is 0.0105. The Hall–Kier alpha value is -5.47. The summed E-state index contributed by atoms with van der Waals surface area (Å²) in [6.07, 6.45) is 0.862. The summed E-state index contributed by atoms with van der Waals surface area (Å²) in [5.74, 6) is -22.1. The monoisotopic (exact) mass is 797 g/mol. The molecule has 6 atom stereocenters. The first-order chi connectivity index (χ1) is 26.1. The molecule has 282 valence electrons. The Balaban J connectivity index is 1.24. The maximum Gasteiger partial charge on any atom is 0.258 e. The molecule has 3 fully saturated rings. The van der Waals surface area contributed by atoms with Crippen LogP contribution >= 0.6 is 23.2 Å². The molecule has 0 spiro atoms. The second-order valence-electron chi connectivity index (χ2n) is 13.7. The van der Waals surface area contributed by atoms with Crippen LogP contribution in [-0.4, -0.2) is 45.6 Å². The van der Waals surface area contributed by atoms with E-state index in [1.807, 2.05) is 30.3 Å². The normalized spacial score (nSPS) is 27.2. The van der Waals surface area contributed by atoms with Crippen LogP contribution in [0.3, 0.4) is 0 Å². The van der Waals surface area contributed by atoms with Gasteiger partial charge in [-0.05, 0) is 72.9 Å². The van der Waals surface area contributed by atoms with Crippen LogP contribution < -0.4 is 19.9 Å². The van der Waals surface area contributed by atoms with Crippen molar-refractivity contribution in [2.45, 2.75) is 28.5 Å². The smallest absolute Gasteiger partial charge is 0.258 e. The van der Waals surface area contributed by atoms with E-state index in [0.717, 1.165) is 16.7 Å². The number of allylic oxidation sites excluding steroid dienone is 2. The van der Waals surface area contributed by atoms with Crippen LogP contribution in [0.5, 0.6) is 11.5 Å². The zero-order valence-electron chi connectivity index (χ0n) is 28.3. The van der Waals surface area contributed by atoms with Gasteiger partial charge in [0.1, 0.15) is 5.69 Å². The number of anilines is 4. The number of ether oxygens (including phenoxy) is 1. The molecule has 8 rings (SSSR count). The van der Waals surface area contributed by atoms with E-state index in [-0.39, 0.29) is 33.9 Å². The van der Waals surface area contributed by atoms with Crippen molar-refractivity contribution in [2.75, 3.05) is 22.2 Å². The number of alkyl halides is 2. The van der Waals surface area contributed by atoms with Crippen LogP contribution in [0, 0.1) is 46.8 Å². The van der Waals surface area contributed by atoms with Crippen molar-refractivity contribution in [3.05, 3.63) is 119 Å². The summed E-state index contributed by atoms with van der Waals surface area (Å²) in [6, 6.07) is 19.6. The molecule has 2 N–H and O–H groups in total. The number of para-hydroxylation sites is 1. The number of carbonyl (C=O) groups is 4. The molecule has 2 heterocycles. The Bertz CT molecular complexity index is 2350. The highest BCUT2D eigenvalue weighted by atomic mass is 35.5. The molecule has 4 aliphatic rings. The minimum Gasteiger partial charge on any atom is -0.504 e. The van der Waals surface area contributed by atoms with Gasteiger partial charge in [-0.15, -0.1) is 23.2 Å². The fraction of sp³-hybridized carbons (Fsp3) is 0.231. The molecule has 0 bridgehead atoms. The number of amides is 4. The fourth-order valence-corrected chi connectivity index (χ4v) is 9.40. The molecule has 0 radical (unpaired) electrons. The van der Waals surface area contributed by atoms with Gasteiger partial charge in [0.05, 0.1) is 24.6 Å². The van der Waals surface area contributed by atoms with Crippen LogP contribution in [0.15, 0.2) is 84.4 Å². The van der Waals surface area contributed by atoms with E-state index in [4.69, 9.17) is 27.9 Å². The quantitative estimate of drug-likeness (QED) is 0.0516. The summed E-state index contributed by atoms with van der Waals surface area (Å²) in [7, 11) is 1.27. The standard InChI is InChI=1S/C39H26Cl2F5N3O6/c1-55-25-14-7-17(15-24(25)50)27-21-12-13-22-26(35(52)48(34(22)51)20-10-8-19(9-11-20)47-18-5-3-2-4-6-18)23(21)16-38(40)36(53)49(37(54)39(27,38)41)33-31(45)29(43)28(42)30(44)32(33)46/h2-12,14-15,22-23,26-27,47,50H,13,16H2,1H3. The average molecular weight is 799 g/mol. The van der Waals surface area contributed by atoms with Gasteiger partial charge in [0.25, 0.3) is 11.8 Å². The number of nitrogens with one attached hydrogen (secondary N) is 1. The summed E-state index contributed by atoms with van der Waals surface area (Å²) >= 11 is 14.3. The Morgan fingerprint density at radius 2 is 1.38 bits per heavy atom. The number of imide groups is 2. The number of halogens is 7. The Labute approximate surface area is 318 Å². The number of fused-ring (bicyclic) bond motifs is 4. The Kier molecular flexibility index (Phi) is 8.50. The molecule has 9 nitrogen and oxygen atoms in total. The largest absolute Gasteiger partial charge is 0.504 e. The highest BCUT2D eigenvalue weighted by Gasteiger charge is 2.77. The molecule has 4 amide bonds. The van der Waals surface area contributed by atoms with Crippen LogP contribution in [-0.2, 0) is 19.2 Å². The fourth-order valence-electron chi connectivity index (χ4n) is 8.46. The van der Waals surface area contributed by atoms with Gasteiger partial charge in [-0.2, -0.15) is 0 Å². The summed E-state index contributed by atoms with van der Waals surface area (Å²) in [5, 5.41) is 14.0. The molecular formula is C39H26Cl2F5N3O6. The number of methoxy groups -OCH3 is 1. The van der Waals surface area contributed by atoms with E-state index in [1.54, 1.807) is 30.3 Å². The topological polar surface area (TPSA) is 116 Å². The number of nitrogens with zero attached hydrogens (tertiary/aromatic N) is 2. The maximum atomic E-state index is 15.3. The second-order valence-corrected chi connectivity index (χ2v) is 14.9. The summed E-state index contributed by atoms with van der Waals surface area (Å²) in [4.78, 5) is 52.6. The number of hydrogen-bond acceptors (Lipinski definition) is 7. The van der Waals surface area contributed by atoms with E-state index in [9.17, 15) is 37.5 Å². The minimum atomic E-state index is -2.73. The van der Waals surface area contributed by atoms with Crippen LogP contribution in [0.4, 0.5) is 44.7 Å². The van der Waals surface area contributed by atoms with Gasteiger partial charge in [-0.25, -0.2) is 26.9 Å². The SMILES string of the molecule is COc1ccc(C2C3=CCC4C(=O)N(c5ccc(Nc6ccccc6)cc5)C(=O)C4C3CC3(Cl)C(=O)N(c4c(F)c(F)c(F)c(F)c4F)C(=O)C23Cl)cc1O. The highest BCUT2D eigenvalue weighted by molar-refractivity contribution is 6.58. The molecule has 2 aliphatic heterocycles. The van der Waals surface area contributed by atoms with E-state index in [2.05, 4.69) is 5.32 Å². The van der Waals surface area contributed by atoms with Crippen molar-refractivity contribution < 1.29 is 51.0 Å². The maximum absolute atomic E-state index is 15.3. The van der Waals surface area contributed by atoms with E-state index in [1.165, 1.54) is 19.2 Å². The average Bonchev–Trinajstić information content (AvgIpc) is 3.51. The summed E-state index contributed by atoms with van der Waals surface area (Å²) in [5.41, 5.74) is 0.100. The molecule has 2 saturated heterocycles. The molecule has 4 aromatic carbocycles. The zero-order valence-corrected chi connectivity index (χ0v) is 29.8. The van der Waals surface area contributed by atoms with Gasteiger partial charge in [0.2, 0.25) is 17.6 Å². The highest BCUT2D eigenvalue weighted by Crippen LogP contribution is 2.66. The lowest BCUT2D eigenvalue weighted by Gasteiger charge is -2.50. The molecule has 6 unspecified atom stereocenters. The molecule has 4 aromatic rings. The van der Waals surface area contributed by atoms with Crippen molar-refractivity contribution in [1.82, 2.24) is 0 Å². The van der Waals surface area contributed by atoms with Gasteiger partial charge in [0, 0.05) is 17.3 Å². The predicted octanol–water partition coefficient (Wildman–Crippen LogP) is 7.61. The molecule has 0 aromatic heterocycles. The Morgan fingerprint density at radius 3 is 2.00 bits per heavy atom. The van der Waals surface area contributed by atoms with Gasteiger partial charge < -0.3 is 15.2 Å². The van der Waals surface area contributed by atoms with Crippen LogP contribution in [0.1, 0.15) is 24.3 Å². The van der Waals surface area contributed by atoms with Crippen LogP contribution in [0.2, 0.25) is 0 Å². The van der Waals surface area contributed by atoms with Crippen molar-refractivity contribution >= 4 is 69.6 Å². The van der Waals surface area contributed by atoms with Gasteiger partial charge in [-0.3, -0.25) is 24.1 Å². The number of phenolic OH excluding ortho intramolecular Hbond substituents is 1. The molecule has 1 saturated carbocycles. The van der Waals surface area contributed by atoms with Gasteiger partial charge >= 0.3 is 0 Å². The first kappa shape index (κ1) is 36.5. The predicted molar refractivity (Wildman–Crippen MR) is 190 cm³/mol. The zero-order chi connectivity index (χ0) is 39.3. The lowest BCUT2D eigenvalue weighted by Crippen LogP contribution is -2.60. The lowest BCUT2D eigenvalue weighted by molar-refractivity contribution is -0.125. The summed E-state index contributed by atoms with van der Waals surface area (Å²) < 4.78 is 78.8. The number of hydrogen-bond donors (Lipinski definition) is 2. The van der Waals surface area contributed by atoms with Gasteiger partial charge in [-0.1, -0.05) is 35.9 Å². The number of benzene rings is 4. The molecule has 55 heavy (non-hydrogen) atoms. The molecule has 16 heteroatoms. The second kappa shape index (κ2) is 12.8. The van der Waals surface area contributed by atoms with Crippen LogP contribution in [0.25, 0.3) is 0 Å². The van der Waals surface area contributed by atoms with Crippen molar-refractivity contribution in [3.8, 4) is 11.5 Å². The third kappa shape index (κ3) is 5.03. The first-order valence-electron chi connectivity index (χ1n) is 16.8. The number of phenols is 1.